The summed E-state index contributed by atoms with van der Waals surface area (Å²) in [6, 6.07) is 9.76. The van der Waals surface area contributed by atoms with E-state index in [4.69, 9.17) is 10.5 Å². The van der Waals surface area contributed by atoms with Gasteiger partial charge in [-0.05, 0) is 39.7 Å². The van der Waals surface area contributed by atoms with Crippen molar-refractivity contribution in [3.8, 4) is 5.75 Å². The molecule has 1 aromatic carbocycles. The van der Waals surface area contributed by atoms with Gasteiger partial charge >= 0.3 is 0 Å². The van der Waals surface area contributed by atoms with Crippen molar-refractivity contribution >= 4 is 33.0 Å². The molecule has 3 rings (SSSR count). The van der Waals surface area contributed by atoms with Crippen molar-refractivity contribution in [1.29, 1.82) is 0 Å². The Morgan fingerprint density at radius 2 is 2.20 bits per heavy atom. The molecule has 102 valence electrons. The number of anilines is 1. The van der Waals surface area contributed by atoms with E-state index >= 15 is 0 Å². The van der Waals surface area contributed by atoms with Gasteiger partial charge < -0.3 is 10.5 Å². The number of halogens is 1. The van der Waals surface area contributed by atoms with E-state index in [0.717, 1.165) is 26.9 Å². The second kappa shape index (κ2) is 5.13. The number of aromatic nitrogens is 3. The second-order valence-corrected chi connectivity index (χ2v) is 5.32. The van der Waals surface area contributed by atoms with Crippen LogP contribution in [0.2, 0.25) is 0 Å². The molecule has 0 aliphatic carbocycles. The number of pyridine rings is 1. The van der Waals surface area contributed by atoms with Gasteiger partial charge in [-0.15, -0.1) is 0 Å². The number of fused-ring (bicyclic) bond motifs is 1. The molecule has 0 radical (unpaired) electrons. The number of hydrogen-bond acceptors (Lipinski definition) is 4. The Kier molecular flexibility index (Phi) is 3.31. The van der Waals surface area contributed by atoms with Crippen molar-refractivity contribution in [1.82, 2.24) is 14.5 Å². The SMILES string of the molecule is COc1cccc(Cn2c(N)nc3cc(Br)cnc32)c1. The molecule has 0 spiro atoms. The normalized spacial score (nSPS) is 10.9. The van der Waals surface area contributed by atoms with E-state index in [2.05, 4.69) is 25.9 Å². The summed E-state index contributed by atoms with van der Waals surface area (Å²) in [7, 11) is 1.65. The van der Waals surface area contributed by atoms with Crippen LogP contribution in [-0.4, -0.2) is 21.6 Å². The van der Waals surface area contributed by atoms with E-state index in [1.54, 1.807) is 13.3 Å². The number of rotatable bonds is 3. The zero-order valence-corrected chi connectivity index (χ0v) is 12.5. The molecule has 2 aromatic heterocycles. The van der Waals surface area contributed by atoms with Crippen LogP contribution >= 0.6 is 15.9 Å². The summed E-state index contributed by atoms with van der Waals surface area (Å²) in [4.78, 5) is 8.71. The zero-order chi connectivity index (χ0) is 14.1. The maximum absolute atomic E-state index is 5.99. The van der Waals surface area contributed by atoms with Gasteiger partial charge in [0, 0.05) is 10.7 Å². The predicted octanol–water partition coefficient (Wildman–Crippen LogP) is 2.83. The lowest BCUT2D eigenvalue weighted by Gasteiger charge is -2.07. The molecule has 2 N–H and O–H groups in total. The molecule has 5 nitrogen and oxygen atoms in total. The first-order chi connectivity index (χ1) is 9.67. The largest absolute Gasteiger partial charge is 0.497 e. The molecule has 0 aliphatic heterocycles. The molecule has 6 heteroatoms. The van der Waals surface area contributed by atoms with E-state index in [-0.39, 0.29) is 0 Å². The van der Waals surface area contributed by atoms with Crippen molar-refractivity contribution in [3.05, 3.63) is 46.6 Å². The summed E-state index contributed by atoms with van der Waals surface area (Å²) >= 11 is 3.38. The first-order valence-electron chi connectivity index (χ1n) is 6.07. The van der Waals surface area contributed by atoms with Crippen molar-refractivity contribution in [3.63, 3.8) is 0 Å². The van der Waals surface area contributed by atoms with Crippen LogP contribution in [-0.2, 0) is 6.54 Å². The lowest BCUT2D eigenvalue weighted by atomic mass is 10.2. The molecular formula is C14H13BrN4O. The standard InChI is InChI=1S/C14H13BrN4O/c1-20-11-4-2-3-9(5-11)8-19-13-12(18-14(19)16)6-10(15)7-17-13/h2-7H,8H2,1H3,(H2,16,18). The van der Waals surface area contributed by atoms with Crippen molar-refractivity contribution in [2.45, 2.75) is 6.54 Å². The fourth-order valence-electron chi connectivity index (χ4n) is 2.11. The van der Waals surface area contributed by atoms with E-state index in [1.807, 2.05) is 34.9 Å². The quantitative estimate of drug-likeness (QED) is 0.800. The number of nitrogens with two attached hydrogens (primary N) is 1. The van der Waals surface area contributed by atoms with Crippen LogP contribution in [0.1, 0.15) is 5.56 Å². The lowest BCUT2D eigenvalue weighted by molar-refractivity contribution is 0.414. The predicted molar refractivity (Wildman–Crippen MR) is 81.7 cm³/mol. The Labute approximate surface area is 124 Å². The Balaban J connectivity index is 2.03. The van der Waals surface area contributed by atoms with Crippen molar-refractivity contribution < 1.29 is 4.74 Å². The van der Waals surface area contributed by atoms with Crippen LogP contribution < -0.4 is 10.5 Å². The lowest BCUT2D eigenvalue weighted by Crippen LogP contribution is -2.05. The average Bonchev–Trinajstić information content (AvgIpc) is 2.74. The summed E-state index contributed by atoms with van der Waals surface area (Å²) in [6.07, 6.45) is 1.74. The molecule has 0 fully saturated rings. The zero-order valence-electron chi connectivity index (χ0n) is 10.9. The maximum atomic E-state index is 5.99. The van der Waals surface area contributed by atoms with Gasteiger partial charge in [-0.2, -0.15) is 0 Å². The first-order valence-corrected chi connectivity index (χ1v) is 6.87. The highest BCUT2D eigenvalue weighted by atomic mass is 79.9. The molecule has 0 saturated carbocycles. The third-order valence-electron chi connectivity index (χ3n) is 3.06. The minimum Gasteiger partial charge on any atom is -0.497 e. The number of nitrogen functional groups attached to an aromatic ring is 1. The first kappa shape index (κ1) is 12.9. The van der Waals surface area contributed by atoms with Crippen LogP contribution in [0.4, 0.5) is 5.95 Å². The monoisotopic (exact) mass is 332 g/mol. The topological polar surface area (TPSA) is 66.0 Å². The summed E-state index contributed by atoms with van der Waals surface area (Å²) < 4.78 is 8.00. The molecule has 0 atom stereocenters. The molecule has 0 bridgehead atoms. The fourth-order valence-corrected chi connectivity index (χ4v) is 2.43. The van der Waals surface area contributed by atoms with E-state index in [9.17, 15) is 0 Å². The number of benzene rings is 1. The van der Waals surface area contributed by atoms with Gasteiger partial charge in [-0.3, -0.25) is 4.57 Å². The Morgan fingerprint density at radius 3 is 3.00 bits per heavy atom. The molecule has 0 amide bonds. The summed E-state index contributed by atoms with van der Waals surface area (Å²) in [5, 5.41) is 0. The molecule has 20 heavy (non-hydrogen) atoms. The summed E-state index contributed by atoms with van der Waals surface area (Å²) in [5.41, 5.74) is 8.62. The third kappa shape index (κ3) is 2.34. The van der Waals surface area contributed by atoms with Gasteiger partial charge in [0.15, 0.2) is 5.65 Å². The van der Waals surface area contributed by atoms with Crippen LogP contribution in [0, 0.1) is 0 Å². The Hall–Kier alpha value is -2.08. The highest BCUT2D eigenvalue weighted by Gasteiger charge is 2.10. The Bertz CT molecular complexity index is 769. The number of ether oxygens (including phenoxy) is 1. The number of imidazole rings is 1. The third-order valence-corrected chi connectivity index (χ3v) is 3.49. The highest BCUT2D eigenvalue weighted by molar-refractivity contribution is 9.10. The maximum Gasteiger partial charge on any atom is 0.202 e. The highest BCUT2D eigenvalue weighted by Crippen LogP contribution is 2.22. The Morgan fingerprint density at radius 1 is 1.35 bits per heavy atom. The molecular weight excluding hydrogens is 320 g/mol. The van der Waals surface area contributed by atoms with Crippen LogP contribution in [0.5, 0.6) is 5.75 Å². The van der Waals surface area contributed by atoms with E-state index in [1.165, 1.54) is 0 Å². The molecule has 0 saturated heterocycles. The minimum atomic E-state index is 0.452. The molecule has 0 aliphatic rings. The fraction of sp³-hybridized carbons (Fsp3) is 0.143. The van der Waals surface area contributed by atoms with Gasteiger partial charge in [0.1, 0.15) is 11.3 Å². The van der Waals surface area contributed by atoms with Gasteiger partial charge in [0.25, 0.3) is 0 Å². The van der Waals surface area contributed by atoms with Crippen molar-refractivity contribution in [2.75, 3.05) is 12.8 Å². The van der Waals surface area contributed by atoms with Gasteiger partial charge in [-0.1, -0.05) is 12.1 Å². The van der Waals surface area contributed by atoms with Crippen LogP contribution in [0.3, 0.4) is 0 Å². The summed E-state index contributed by atoms with van der Waals surface area (Å²) in [6.45, 7) is 0.605. The van der Waals surface area contributed by atoms with Gasteiger partial charge in [0.2, 0.25) is 5.95 Å². The number of hydrogen-bond donors (Lipinski definition) is 1. The molecule has 0 unspecified atom stereocenters. The average molecular weight is 333 g/mol. The van der Waals surface area contributed by atoms with Gasteiger partial charge in [-0.25, -0.2) is 9.97 Å². The van der Waals surface area contributed by atoms with Crippen molar-refractivity contribution in [2.24, 2.45) is 0 Å². The van der Waals surface area contributed by atoms with Gasteiger partial charge in [0.05, 0.1) is 13.7 Å². The van der Waals surface area contributed by atoms with E-state index in [0.29, 0.717) is 12.5 Å². The second-order valence-electron chi connectivity index (χ2n) is 4.40. The van der Waals surface area contributed by atoms with Crippen LogP contribution in [0.15, 0.2) is 41.0 Å². The number of methoxy groups -OCH3 is 1. The van der Waals surface area contributed by atoms with E-state index < -0.39 is 0 Å². The molecule has 3 aromatic rings. The summed E-state index contributed by atoms with van der Waals surface area (Å²) in [5.74, 6) is 1.27. The van der Waals surface area contributed by atoms with Crippen LogP contribution in [0.25, 0.3) is 11.2 Å². The smallest absolute Gasteiger partial charge is 0.202 e. The minimum absolute atomic E-state index is 0.452. The number of nitrogens with zero attached hydrogens (tertiary/aromatic N) is 3. The molecule has 2 heterocycles.